The van der Waals surface area contributed by atoms with Crippen LogP contribution in [0.25, 0.3) is 11.1 Å². The van der Waals surface area contributed by atoms with Gasteiger partial charge in [0.2, 0.25) is 11.0 Å². The molecule has 0 unspecified atom stereocenters. The van der Waals surface area contributed by atoms with E-state index >= 15 is 0 Å². The monoisotopic (exact) mass is 608 g/mol. The number of carboxylic acid groups (broad SMARTS) is 1. The van der Waals surface area contributed by atoms with Gasteiger partial charge in [-0.1, -0.05) is 120 Å². The maximum Gasteiger partial charge on any atom is 0.407 e. The van der Waals surface area contributed by atoms with Gasteiger partial charge < -0.3 is 20.5 Å². The lowest BCUT2D eigenvalue weighted by molar-refractivity contribution is -0.141. The van der Waals surface area contributed by atoms with Crippen molar-refractivity contribution in [2.45, 2.75) is 31.3 Å². The Morgan fingerprint density at radius 2 is 1.36 bits per heavy atom. The molecular formula is C35H32N2O6S. The van der Waals surface area contributed by atoms with Crippen molar-refractivity contribution < 1.29 is 29.0 Å². The van der Waals surface area contributed by atoms with Gasteiger partial charge in [0.15, 0.2) is 0 Å². The zero-order valence-electron chi connectivity index (χ0n) is 24.1. The van der Waals surface area contributed by atoms with Crippen molar-refractivity contribution in [3.63, 3.8) is 0 Å². The Hall–Kier alpha value is -4.89. The van der Waals surface area contributed by atoms with Crippen molar-refractivity contribution in [3.05, 3.63) is 131 Å². The number of benzene rings is 4. The van der Waals surface area contributed by atoms with Gasteiger partial charge in [-0.15, -0.1) is 0 Å². The fourth-order valence-corrected chi connectivity index (χ4v) is 6.07. The molecule has 0 aromatic heterocycles. The zero-order valence-corrected chi connectivity index (χ0v) is 24.9. The van der Waals surface area contributed by atoms with Crippen LogP contribution in [-0.2, 0) is 20.7 Å². The number of carbonyl (C=O) groups is 4. The summed E-state index contributed by atoms with van der Waals surface area (Å²) in [4.78, 5) is 51.1. The van der Waals surface area contributed by atoms with Gasteiger partial charge in [0.25, 0.3) is 0 Å². The number of ether oxygens (including phenoxy) is 1. The first kappa shape index (κ1) is 30.6. The Labute approximate surface area is 259 Å². The van der Waals surface area contributed by atoms with Gasteiger partial charge in [0, 0.05) is 23.7 Å². The van der Waals surface area contributed by atoms with Gasteiger partial charge in [0.05, 0.1) is 0 Å². The topological polar surface area (TPSA) is 122 Å². The molecule has 224 valence electrons. The van der Waals surface area contributed by atoms with Crippen LogP contribution in [-0.4, -0.2) is 52.6 Å². The lowest BCUT2D eigenvalue weighted by atomic mass is 9.98. The Kier molecular flexibility index (Phi) is 9.76. The van der Waals surface area contributed by atoms with Gasteiger partial charge in [-0.3, -0.25) is 9.59 Å². The molecule has 1 aliphatic carbocycles. The highest BCUT2D eigenvalue weighted by Gasteiger charge is 2.31. The van der Waals surface area contributed by atoms with Crippen LogP contribution >= 0.6 is 11.8 Å². The van der Waals surface area contributed by atoms with Crippen molar-refractivity contribution in [1.82, 2.24) is 10.6 Å². The number of hydrogen-bond donors (Lipinski definition) is 3. The van der Waals surface area contributed by atoms with Crippen LogP contribution < -0.4 is 10.6 Å². The van der Waals surface area contributed by atoms with Crippen LogP contribution in [0.5, 0.6) is 0 Å². The Bertz CT molecular complexity index is 1610. The Morgan fingerprint density at radius 3 is 1.98 bits per heavy atom. The van der Waals surface area contributed by atoms with E-state index in [-0.39, 0.29) is 29.8 Å². The van der Waals surface area contributed by atoms with E-state index in [1.54, 1.807) is 24.3 Å². The number of carbonyl (C=O) groups excluding carboxylic acids is 3. The molecule has 0 radical (unpaired) electrons. The largest absolute Gasteiger partial charge is 0.480 e. The summed E-state index contributed by atoms with van der Waals surface area (Å²) >= 11 is 0.808. The second kappa shape index (κ2) is 14.1. The zero-order chi connectivity index (χ0) is 31.1. The lowest BCUT2D eigenvalue weighted by Gasteiger charge is -2.22. The van der Waals surface area contributed by atoms with Crippen LogP contribution in [0, 0.1) is 6.92 Å². The SMILES string of the molecule is Cc1ccc(C(=O)SC[C@H](NC(=O)[C@H](Cc2ccccc2)NC(=O)OCC2c3ccccc3-c3ccccc32)C(=O)O)cc1. The second-order valence-corrected chi connectivity index (χ2v) is 11.6. The molecule has 8 nitrogen and oxygen atoms in total. The van der Waals surface area contributed by atoms with Crippen molar-refractivity contribution in [2.75, 3.05) is 12.4 Å². The number of fused-ring (bicyclic) bond motifs is 3. The third kappa shape index (κ3) is 7.36. The van der Waals surface area contributed by atoms with Crippen LogP contribution in [0.4, 0.5) is 4.79 Å². The minimum atomic E-state index is -1.36. The maximum absolute atomic E-state index is 13.4. The van der Waals surface area contributed by atoms with E-state index in [1.165, 1.54) is 0 Å². The molecule has 4 aromatic rings. The number of thioether (sulfide) groups is 1. The molecule has 0 fully saturated rings. The van der Waals surface area contributed by atoms with E-state index in [0.29, 0.717) is 5.56 Å². The van der Waals surface area contributed by atoms with E-state index in [9.17, 15) is 24.3 Å². The number of rotatable bonds is 11. The van der Waals surface area contributed by atoms with Gasteiger partial charge in [-0.2, -0.15) is 0 Å². The smallest absolute Gasteiger partial charge is 0.407 e. The highest BCUT2D eigenvalue weighted by molar-refractivity contribution is 8.14. The number of nitrogens with one attached hydrogen (secondary N) is 2. The van der Waals surface area contributed by atoms with E-state index in [4.69, 9.17) is 4.74 Å². The molecule has 0 aliphatic heterocycles. The fraction of sp³-hybridized carbons (Fsp3) is 0.200. The van der Waals surface area contributed by atoms with Crippen molar-refractivity contribution >= 4 is 34.8 Å². The highest BCUT2D eigenvalue weighted by atomic mass is 32.2. The van der Waals surface area contributed by atoms with Crippen molar-refractivity contribution in [2.24, 2.45) is 0 Å². The molecule has 44 heavy (non-hydrogen) atoms. The average molecular weight is 609 g/mol. The van der Waals surface area contributed by atoms with Crippen molar-refractivity contribution in [3.8, 4) is 11.1 Å². The van der Waals surface area contributed by atoms with Crippen LogP contribution in [0.2, 0.25) is 0 Å². The summed E-state index contributed by atoms with van der Waals surface area (Å²) in [6.07, 6.45) is -0.683. The lowest BCUT2D eigenvalue weighted by Crippen LogP contribution is -2.53. The van der Waals surface area contributed by atoms with Gasteiger partial charge in [0.1, 0.15) is 18.7 Å². The van der Waals surface area contributed by atoms with E-state index in [1.807, 2.05) is 85.8 Å². The molecule has 0 spiro atoms. The predicted octanol–water partition coefficient (Wildman–Crippen LogP) is 5.59. The Balaban J connectivity index is 1.25. The molecule has 3 N–H and O–H groups in total. The number of carboxylic acids is 1. The van der Waals surface area contributed by atoms with Gasteiger partial charge in [-0.25, -0.2) is 9.59 Å². The van der Waals surface area contributed by atoms with Crippen LogP contribution in [0.1, 0.15) is 38.5 Å². The summed E-state index contributed by atoms with van der Waals surface area (Å²) in [5, 5.41) is 14.6. The summed E-state index contributed by atoms with van der Waals surface area (Å²) in [6.45, 7) is 1.97. The summed E-state index contributed by atoms with van der Waals surface area (Å²) in [5.74, 6) is -2.33. The first-order valence-corrected chi connectivity index (χ1v) is 15.2. The molecule has 2 atom stereocenters. The number of hydrogen-bond acceptors (Lipinski definition) is 6. The fourth-order valence-electron chi connectivity index (χ4n) is 5.22. The molecule has 0 bridgehead atoms. The minimum Gasteiger partial charge on any atom is -0.480 e. The Morgan fingerprint density at radius 1 is 0.773 bits per heavy atom. The quantitative estimate of drug-likeness (QED) is 0.203. The van der Waals surface area contributed by atoms with E-state index < -0.39 is 30.1 Å². The molecule has 2 amide bonds. The summed E-state index contributed by atoms with van der Waals surface area (Å²) in [5.41, 5.74) is 6.51. The molecule has 0 saturated carbocycles. The number of aliphatic carboxylic acids is 1. The highest BCUT2D eigenvalue weighted by Crippen LogP contribution is 2.44. The number of amides is 2. The van der Waals surface area contributed by atoms with E-state index in [0.717, 1.165) is 45.1 Å². The molecular weight excluding hydrogens is 576 g/mol. The summed E-state index contributed by atoms with van der Waals surface area (Å²) < 4.78 is 5.65. The molecule has 9 heteroatoms. The number of alkyl carbamates (subject to hydrolysis) is 1. The molecule has 4 aromatic carbocycles. The first-order chi connectivity index (χ1) is 21.3. The molecule has 0 heterocycles. The predicted molar refractivity (Wildman–Crippen MR) is 170 cm³/mol. The third-order valence-electron chi connectivity index (χ3n) is 7.52. The van der Waals surface area contributed by atoms with E-state index in [2.05, 4.69) is 10.6 Å². The average Bonchev–Trinajstić information content (AvgIpc) is 3.35. The molecule has 5 rings (SSSR count). The number of aryl methyl sites for hydroxylation is 1. The summed E-state index contributed by atoms with van der Waals surface area (Å²) in [7, 11) is 0. The second-order valence-electron chi connectivity index (χ2n) is 10.6. The first-order valence-electron chi connectivity index (χ1n) is 14.2. The van der Waals surface area contributed by atoms with Crippen LogP contribution in [0.3, 0.4) is 0 Å². The van der Waals surface area contributed by atoms with Crippen molar-refractivity contribution in [1.29, 1.82) is 0 Å². The van der Waals surface area contributed by atoms with Gasteiger partial charge >= 0.3 is 12.1 Å². The normalized spacial score (nSPS) is 13.2. The summed E-state index contributed by atoms with van der Waals surface area (Å²) in [6, 6.07) is 29.5. The van der Waals surface area contributed by atoms with Crippen LogP contribution in [0.15, 0.2) is 103 Å². The standard InChI is InChI=1S/C35H32N2O6S/c1-22-15-17-24(18-16-22)34(41)44-21-31(33(39)40)36-32(38)30(19-23-9-3-2-4-10-23)37-35(42)43-20-29-27-13-7-5-11-25(27)26-12-6-8-14-28(26)29/h2-18,29-31H,19-21H2,1H3,(H,36,38)(H,37,42)(H,39,40)/t30-,31-/m0/s1. The maximum atomic E-state index is 13.4. The minimum absolute atomic E-state index is 0.0645. The third-order valence-corrected chi connectivity index (χ3v) is 8.52. The van der Waals surface area contributed by atoms with Gasteiger partial charge in [-0.05, 0) is 34.7 Å². The molecule has 1 aliphatic rings. The molecule has 0 saturated heterocycles.